The van der Waals surface area contributed by atoms with Crippen LogP contribution < -0.4 is 5.32 Å². The maximum absolute atomic E-state index is 12.8. The van der Waals surface area contributed by atoms with Crippen LogP contribution in [0.4, 0.5) is 5.69 Å². The van der Waals surface area contributed by atoms with E-state index < -0.39 is 0 Å². The van der Waals surface area contributed by atoms with Gasteiger partial charge in [-0.1, -0.05) is 16.8 Å². The first-order chi connectivity index (χ1) is 13.7. The minimum Gasteiger partial charge on any atom is -0.356 e. The van der Waals surface area contributed by atoms with Gasteiger partial charge in [0.1, 0.15) is 0 Å². The topological polar surface area (TPSA) is 73.0 Å². The van der Waals surface area contributed by atoms with E-state index in [9.17, 15) is 4.79 Å². The second-order valence-electron chi connectivity index (χ2n) is 8.55. The molecule has 7 heteroatoms. The fraction of sp³-hybridized carbons (Fsp3) is 0.409. The quantitative estimate of drug-likeness (QED) is 0.626. The standard InChI is InChI=1S/C22H25ClN4O2/c1-13-11-19(25-27(13)22(2,3)4)21(28)24-18-12-14(9-10-16(18)23)20-15-7-5-6-8-17(15)26-29-20/h9-12H,5-8H2,1-4H3,(H,24,28). The van der Waals surface area contributed by atoms with Crippen LogP contribution >= 0.6 is 11.6 Å². The van der Waals surface area contributed by atoms with Crippen LogP contribution in [0.2, 0.25) is 5.02 Å². The zero-order valence-corrected chi connectivity index (χ0v) is 17.9. The van der Waals surface area contributed by atoms with Gasteiger partial charge in [0.15, 0.2) is 11.5 Å². The van der Waals surface area contributed by atoms with Gasteiger partial charge < -0.3 is 9.84 Å². The van der Waals surface area contributed by atoms with Crippen molar-refractivity contribution in [3.05, 3.63) is 51.9 Å². The van der Waals surface area contributed by atoms with Crippen LogP contribution in [-0.2, 0) is 18.4 Å². The maximum Gasteiger partial charge on any atom is 0.276 e. The van der Waals surface area contributed by atoms with E-state index in [0.29, 0.717) is 16.4 Å². The second kappa shape index (κ2) is 7.34. The summed E-state index contributed by atoms with van der Waals surface area (Å²) in [5.41, 5.74) is 4.66. The van der Waals surface area contributed by atoms with Gasteiger partial charge in [-0.3, -0.25) is 9.48 Å². The molecule has 0 aliphatic heterocycles. The third kappa shape index (κ3) is 3.81. The summed E-state index contributed by atoms with van der Waals surface area (Å²) in [6.07, 6.45) is 4.18. The van der Waals surface area contributed by atoms with E-state index in [1.807, 2.05) is 44.5 Å². The third-order valence-corrected chi connectivity index (χ3v) is 5.52. The van der Waals surface area contributed by atoms with Crippen LogP contribution in [0.25, 0.3) is 11.3 Å². The molecule has 152 valence electrons. The van der Waals surface area contributed by atoms with Gasteiger partial charge in [0.2, 0.25) is 0 Å². The number of amides is 1. The summed E-state index contributed by atoms with van der Waals surface area (Å²) in [5, 5.41) is 12.0. The van der Waals surface area contributed by atoms with Crippen molar-refractivity contribution < 1.29 is 9.32 Å². The normalized spacial score (nSPS) is 14.0. The second-order valence-corrected chi connectivity index (χ2v) is 8.95. The molecule has 3 aromatic rings. The molecular weight excluding hydrogens is 388 g/mol. The summed E-state index contributed by atoms with van der Waals surface area (Å²) in [6, 6.07) is 7.28. The molecule has 29 heavy (non-hydrogen) atoms. The Morgan fingerprint density at radius 3 is 2.69 bits per heavy atom. The lowest BCUT2D eigenvalue weighted by atomic mass is 9.94. The molecule has 2 heterocycles. The van der Waals surface area contributed by atoms with Crippen molar-refractivity contribution in [2.24, 2.45) is 0 Å². The number of aryl methyl sites for hydroxylation is 2. The van der Waals surface area contributed by atoms with Crippen molar-refractivity contribution in [2.45, 2.75) is 58.9 Å². The third-order valence-electron chi connectivity index (χ3n) is 5.19. The van der Waals surface area contributed by atoms with Gasteiger partial charge in [0, 0.05) is 16.8 Å². The van der Waals surface area contributed by atoms with Gasteiger partial charge in [-0.15, -0.1) is 0 Å². The molecule has 0 bridgehead atoms. The van der Waals surface area contributed by atoms with E-state index in [0.717, 1.165) is 54.0 Å². The van der Waals surface area contributed by atoms with Gasteiger partial charge in [-0.2, -0.15) is 5.10 Å². The Hall–Kier alpha value is -2.60. The summed E-state index contributed by atoms with van der Waals surface area (Å²) < 4.78 is 7.47. The average molecular weight is 413 g/mol. The Morgan fingerprint density at radius 2 is 1.97 bits per heavy atom. The summed E-state index contributed by atoms with van der Waals surface area (Å²) in [7, 11) is 0. The first kappa shape index (κ1) is 19.7. The van der Waals surface area contributed by atoms with E-state index in [-0.39, 0.29) is 11.4 Å². The predicted molar refractivity (Wildman–Crippen MR) is 114 cm³/mol. The van der Waals surface area contributed by atoms with Gasteiger partial charge in [0.25, 0.3) is 5.91 Å². The lowest BCUT2D eigenvalue weighted by molar-refractivity contribution is 0.102. The molecule has 2 aromatic heterocycles. The van der Waals surface area contributed by atoms with Crippen LogP contribution in [0.3, 0.4) is 0 Å². The number of aromatic nitrogens is 3. The molecule has 6 nitrogen and oxygen atoms in total. The van der Waals surface area contributed by atoms with E-state index in [2.05, 4.69) is 15.6 Å². The van der Waals surface area contributed by atoms with Crippen LogP contribution in [0, 0.1) is 6.92 Å². The molecule has 1 aliphatic rings. The van der Waals surface area contributed by atoms with Crippen molar-refractivity contribution in [1.29, 1.82) is 0 Å². The fourth-order valence-corrected chi connectivity index (χ4v) is 4.00. The van der Waals surface area contributed by atoms with Crippen LogP contribution in [0.15, 0.2) is 28.8 Å². The highest BCUT2D eigenvalue weighted by atomic mass is 35.5. The zero-order valence-electron chi connectivity index (χ0n) is 17.2. The maximum atomic E-state index is 12.8. The fourth-order valence-electron chi connectivity index (χ4n) is 3.83. The number of nitrogens with zero attached hydrogens (tertiary/aromatic N) is 3. The average Bonchev–Trinajstić information content (AvgIpc) is 3.27. The molecule has 1 aromatic carbocycles. The first-order valence-electron chi connectivity index (χ1n) is 9.90. The van der Waals surface area contributed by atoms with Crippen molar-refractivity contribution in [2.75, 3.05) is 5.32 Å². The summed E-state index contributed by atoms with van der Waals surface area (Å²) in [4.78, 5) is 12.8. The van der Waals surface area contributed by atoms with Crippen LogP contribution in [-0.4, -0.2) is 20.8 Å². The molecule has 0 radical (unpaired) electrons. The van der Waals surface area contributed by atoms with E-state index >= 15 is 0 Å². The largest absolute Gasteiger partial charge is 0.356 e. The highest BCUT2D eigenvalue weighted by Crippen LogP contribution is 2.35. The Balaban J connectivity index is 1.62. The predicted octanol–water partition coefficient (Wildman–Crippen LogP) is 5.39. The molecule has 0 unspecified atom stereocenters. The Kier molecular flexibility index (Phi) is 4.99. The number of nitrogens with one attached hydrogen (secondary N) is 1. The summed E-state index contributed by atoms with van der Waals surface area (Å²) in [6.45, 7) is 8.09. The molecule has 4 rings (SSSR count). The number of halogens is 1. The molecular formula is C22H25ClN4O2. The molecule has 1 aliphatic carbocycles. The van der Waals surface area contributed by atoms with Crippen LogP contribution in [0.5, 0.6) is 0 Å². The number of hydrogen-bond acceptors (Lipinski definition) is 4. The minimum absolute atomic E-state index is 0.203. The smallest absolute Gasteiger partial charge is 0.276 e. The zero-order chi connectivity index (χ0) is 20.8. The van der Waals surface area contributed by atoms with Gasteiger partial charge in [-0.25, -0.2) is 0 Å². The Bertz CT molecular complexity index is 1080. The van der Waals surface area contributed by atoms with E-state index in [1.165, 1.54) is 0 Å². The number of fused-ring (bicyclic) bond motifs is 1. The van der Waals surface area contributed by atoms with Crippen molar-refractivity contribution in [1.82, 2.24) is 14.9 Å². The van der Waals surface area contributed by atoms with Crippen molar-refractivity contribution in [3.8, 4) is 11.3 Å². The first-order valence-corrected chi connectivity index (χ1v) is 10.3. The van der Waals surface area contributed by atoms with Crippen molar-refractivity contribution in [3.63, 3.8) is 0 Å². The number of rotatable bonds is 3. The Labute approximate surface area is 175 Å². The number of benzene rings is 1. The number of carbonyl (C=O) groups is 1. The molecule has 1 amide bonds. The summed E-state index contributed by atoms with van der Waals surface area (Å²) in [5.74, 6) is 0.467. The number of anilines is 1. The highest BCUT2D eigenvalue weighted by molar-refractivity contribution is 6.34. The molecule has 0 spiro atoms. The number of hydrogen-bond donors (Lipinski definition) is 1. The highest BCUT2D eigenvalue weighted by Gasteiger charge is 2.23. The monoisotopic (exact) mass is 412 g/mol. The molecule has 0 saturated heterocycles. The van der Waals surface area contributed by atoms with Gasteiger partial charge in [0.05, 0.1) is 21.9 Å². The Morgan fingerprint density at radius 1 is 1.21 bits per heavy atom. The van der Waals surface area contributed by atoms with Gasteiger partial charge in [-0.05, 0) is 77.6 Å². The van der Waals surface area contributed by atoms with E-state index in [4.69, 9.17) is 16.1 Å². The van der Waals surface area contributed by atoms with Crippen LogP contribution in [0.1, 0.15) is 61.1 Å². The minimum atomic E-state index is -0.297. The lowest BCUT2D eigenvalue weighted by Gasteiger charge is -2.21. The van der Waals surface area contributed by atoms with Crippen molar-refractivity contribution >= 4 is 23.2 Å². The molecule has 1 N–H and O–H groups in total. The lowest BCUT2D eigenvalue weighted by Crippen LogP contribution is -2.25. The molecule has 0 saturated carbocycles. The number of carbonyl (C=O) groups excluding carboxylic acids is 1. The van der Waals surface area contributed by atoms with Gasteiger partial charge >= 0.3 is 0 Å². The molecule has 0 fully saturated rings. The molecule has 0 atom stereocenters. The van der Waals surface area contributed by atoms with E-state index in [1.54, 1.807) is 12.1 Å². The summed E-state index contributed by atoms with van der Waals surface area (Å²) >= 11 is 6.36. The SMILES string of the molecule is Cc1cc(C(=O)Nc2cc(-c3onc4c3CCCC4)ccc2Cl)nn1C(C)(C)C.